The summed E-state index contributed by atoms with van der Waals surface area (Å²) in [5.74, 6) is 1.28. The van der Waals surface area contributed by atoms with Crippen molar-refractivity contribution in [3.8, 4) is 11.5 Å². The van der Waals surface area contributed by atoms with Crippen LogP contribution >= 0.6 is 0 Å². The van der Waals surface area contributed by atoms with Crippen molar-refractivity contribution in [2.45, 2.75) is 38.3 Å². The van der Waals surface area contributed by atoms with E-state index < -0.39 is 6.04 Å². The maximum absolute atomic E-state index is 13.4. The molecule has 2 aliphatic rings. The first kappa shape index (κ1) is 20.3. The number of amides is 2. The van der Waals surface area contributed by atoms with E-state index >= 15 is 0 Å². The van der Waals surface area contributed by atoms with Crippen molar-refractivity contribution in [3.63, 3.8) is 0 Å². The lowest BCUT2D eigenvalue weighted by Gasteiger charge is -2.37. The van der Waals surface area contributed by atoms with Crippen LogP contribution in [0, 0.1) is 5.92 Å². The van der Waals surface area contributed by atoms with E-state index in [4.69, 9.17) is 9.47 Å². The van der Waals surface area contributed by atoms with E-state index in [-0.39, 0.29) is 23.8 Å². The lowest BCUT2D eigenvalue weighted by Crippen LogP contribution is -2.48. The third-order valence-corrected chi connectivity index (χ3v) is 6.01. The fraction of sp³-hybridized carbons (Fsp3) is 0.417. The normalized spacial score (nSPS) is 18.9. The zero-order valence-electron chi connectivity index (χ0n) is 17.7. The predicted molar refractivity (Wildman–Crippen MR) is 113 cm³/mol. The molecule has 0 unspecified atom stereocenters. The standard InChI is InChI=1S/C24H28N2O4/c1-15(18-10-11-20(29-2)21(14-18)30-3)25-23(27)22-19-7-5-4-6-16(19)12-13-26(22)24(28)17-8-9-17/h4-7,10-11,14-15,17,22H,8-9,12-13H2,1-3H3,(H,25,27)/t15-,22+/m0/s1. The summed E-state index contributed by atoms with van der Waals surface area (Å²) in [5.41, 5.74) is 2.97. The largest absolute Gasteiger partial charge is 0.493 e. The van der Waals surface area contributed by atoms with E-state index in [2.05, 4.69) is 5.32 Å². The van der Waals surface area contributed by atoms with Crippen molar-refractivity contribution in [2.24, 2.45) is 5.92 Å². The molecule has 6 heteroatoms. The molecule has 0 radical (unpaired) electrons. The van der Waals surface area contributed by atoms with Gasteiger partial charge in [-0.3, -0.25) is 9.59 Å². The average molecular weight is 408 g/mol. The molecule has 6 nitrogen and oxygen atoms in total. The Morgan fingerprint density at radius 2 is 1.80 bits per heavy atom. The average Bonchev–Trinajstić information content (AvgIpc) is 3.62. The smallest absolute Gasteiger partial charge is 0.247 e. The van der Waals surface area contributed by atoms with Crippen molar-refractivity contribution in [1.29, 1.82) is 0 Å². The molecule has 2 atom stereocenters. The second kappa shape index (κ2) is 8.38. The summed E-state index contributed by atoms with van der Waals surface area (Å²) in [4.78, 5) is 28.1. The lowest BCUT2D eigenvalue weighted by atomic mass is 9.91. The van der Waals surface area contributed by atoms with Gasteiger partial charge in [0.05, 0.1) is 20.3 Å². The SMILES string of the molecule is COc1ccc([C@H](C)NC(=O)[C@H]2c3ccccc3CCN2C(=O)C2CC2)cc1OC. The summed E-state index contributed by atoms with van der Waals surface area (Å²) < 4.78 is 10.7. The van der Waals surface area contributed by atoms with Crippen LogP contribution in [0.4, 0.5) is 0 Å². The Morgan fingerprint density at radius 1 is 1.07 bits per heavy atom. The van der Waals surface area contributed by atoms with Gasteiger partial charge in [-0.2, -0.15) is 0 Å². The zero-order valence-corrected chi connectivity index (χ0v) is 17.7. The summed E-state index contributed by atoms with van der Waals surface area (Å²) in [7, 11) is 3.18. The number of hydrogen-bond donors (Lipinski definition) is 1. The molecule has 0 aromatic heterocycles. The first-order valence-electron chi connectivity index (χ1n) is 10.4. The molecular weight excluding hydrogens is 380 g/mol. The first-order chi connectivity index (χ1) is 14.5. The van der Waals surface area contributed by atoms with Crippen LogP contribution in [-0.2, 0) is 16.0 Å². The van der Waals surface area contributed by atoms with Crippen LogP contribution < -0.4 is 14.8 Å². The van der Waals surface area contributed by atoms with Crippen LogP contribution in [0.2, 0.25) is 0 Å². The van der Waals surface area contributed by atoms with Crippen LogP contribution in [-0.4, -0.2) is 37.5 Å². The minimum atomic E-state index is -0.592. The minimum Gasteiger partial charge on any atom is -0.493 e. The van der Waals surface area contributed by atoms with Crippen LogP contribution in [0.25, 0.3) is 0 Å². The van der Waals surface area contributed by atoms with Gasteiger partial charge in [0.25, 0.3) is 0 Å². The van der Waals surface area contributed by atoms with Crippen molar-refractivity contribution in [2.75, 3.05) is 20.8 Å². The second-order valence-corrected chi connectivity index (χ2v) is 8.00. The van der Waals surface area contributed by atoms with Crippen LogP contribution in [0.15, 0.2) is 42.5 Å². The van der Waals surface area contributed by atoms with Gasteiger partial charge in [-0.05, 0) is 55.0 Å². The molecular formula is C24H28N2O4. The minimum absolute atomic E-state index is 0.0776. The third kappa shape index (κ3) is 3.86. The highest BCUT2D eigenvalue weighted by molar-refractivity contribution is 5.91. The maximum atomic E-state index is 13.4. The number of rotatable bonds is 6. The van der Waals surface area contributed by atoms with Gasteiger partial charge in [-0.15, -0.1) is 0 Å². The highest BCUT2D eigenvalue weighted by Gasteiger charge is 2.41. The Morgan fingerprint density at radius 3 is 2.50 bits per heavy atom. The molecule has 0 saturated heterocycles. The molecule has 1 aliphatic heterocycles. The molecule has 30 heavy (non-hydrogen) atoms. The summed E-state index contributed by atoms with van der Waals surface area (Å²) in [6.07, 6.45) is 2.63. The van der Waals surface area contributed by atoms with E-state index in [1.165, 1.54) is 0 Å². The van der Waals surface area contributed by atoms with Crippen molar-refractivity contribution in [1.82, 2.24) is 10.2 Å². The van der Waals surface area contributed by atoms with Crippen molar-refractivity contribution < 1.29 is 19.1 Å². The summed E-state index contributed by atoms with van der Waals surface area (Å²) in [6, 6.07) is 12.7. The Kier molecular flexibility index (Phi) is 5.66. The van der Waals surface area contributed by atoms with Crippen molar-refractivity contribution in [3.05, 3.63) is 59.2 Å². The van der Waals surface area contributed by atoms with Crippen LogP contribution in [0.5, 0.6) is 11.5 Å². The predicted octanol–water partition coefficient (Wildman–Crippen LogP) is 3.42. The molecule has 1 fully saturated rings. The van der Waals surface area contributed by atoms with E-state index in [9.17, 15) is 9.59 Å². The highest BCUT2D eigenvalue weighted by Crippen LogP contribution is 2.37. The van der Waals surface area contributed by atoms with Gasteiger partial charge in [-0.1, -0.05) is 30.3 Å². The quantitative estimate of drug-likeness (QED) is 0.795. The Labute approximate surface area is 177 Å². The molecule has 1 N–H and O–H groups in total. The van der Waals surface area contributed by atoms with Gasteiger partial charge < -0.3 is 19.7 Å². The Balaban J connectivity index is 1.59. The van der Waals surface area contributed by atoms with Gasteiger partial charge in [0, 0.05) is 12.5 Å². The molecule has 1 heterocycles. The monoisotopic (exact) mass is 408 g/mol. The van der Waals surface area contributed by atoms with Crippen LogP contribution in [0.1, 0.15) is 48.5 Å². The van der Waals surface area contributed by atoms with E-state index in [0.29, 0.717) is 18.0 Å². The number of methoxy groups -OCH3 is 2. The van der Waals surface area contributed by atoms with E-state index in [1.54, 1.807) is 19.1 Å². The number of fused-ring (bicyclic) bond motifs is 1. The summed E-state index contributed by atoms with van der Waals surface area (Å²) >= 11 is 0. The molecule has 2 aromatic carbocycles. The van der Waals surface area contributed by atoms with E-state index in [1.807, 2.05) is 49.4 Å². The van der Waals surface area contributed by atoms with Gasteiger partial charge in [0.15, 0.2) is 11.5 Å². The Bertz CT molecular complexity index is 954. The van der Waals surface area contributed by atoms with Gasteiger partial charge in [0.2, 0.25) is 11.8 Å². The van der Waals surface area contributed by atoms with Gasteiger partial charge >= 0.3 is 0 Å². The van der Waals surface area contributed by atoms with E-state index in [0.717, 1.165) is 36.0 Å². The molecule has 1 aliphatic carbocycles. The lowest BCUT2D eigenvalue weighted by molar-refractivity contribution is -0.142. The third-order valence-electron chi connectivity index (χ3n) is 6.01. The maximum Gasteiger partial charge on any atom is 0.247 e. The first-order valence-corrected chi connectivity index (χ1v) is 10.4. The summed E-state index contributed by atoms with van der Waals surface area (Å²) in [5, 5.41) is 3.11. The van der Waals surface area contributed by atoms with Crippen molar-refractivity contribution >= 4 is 11.8 Å². The number of carbonyl (C=O) groups excluding carboxylic acids is 2. The molecule has 2 amide bonds. The van der Waals surface area contributed by atoms with Crippen LogP contribution in [0.3, 0.4) is 0 Å². The second-order valence-electron chi connectivity index (χ2n) is 8.00. The molecule has 0 bridgehead atoms. The molecule has 158 valence electrons. The molecule has 4 rings (SSSR count). The molecule has 0 spiro atoms. The van der Waals surface area contributed by atoms with Gasteiger partial charge in [-0.25, -0.2) is 0 Å². The number of carbonyl (C=O) groups is 2. The number of ether oxygens (including phenoxy) is 2. The fourth-order valence-electron chi connectivity index (χ4n) is 4.15. The number of hydrogen-bond acceptors (Lipinski definition) is 4. The molecule has 1 saturated carbocycles. The number of benzene rings is 2. The van der Waals surface area contributed by atoms with Gasteiger partial charge in [0.1, 0.15) is 6.04 Å². The number of nitrogens with one attached hydrogen (secondary N) is 1. The fourth-order valence-corrected chi connectivity index (χ4v) is 4.15. The zero-order chi connectivity index (χ0) is 21.3. The Hall–Kier alpha value is -3.02. The molecule has 2 aromatic rings. The topological polar surface area (TPSA) is 67.9 Å². The number of nitrogens with zero attached hydrogens (tertiary/aromatic N) is 1. The highest BCUT2D eigenvalue weighted by atomic mass is 16.5. The summed E-state index contributed by atoms with van der Waals surface area (Å²) in [6.45, 7) is 2.51.